The van der Waals surface area contributed by atoms with E-state index in [9.17, 15) is 82.8 Å². The fourth-order valence-electron chi connectivity index (χ4n) is 16.7. The molecule has 0 amide bonds. The molecule has 3 saturated heterocycles. The van der Waals surface area contributed by atoms with Crippen LogP contribution >= 0.6 is 0 Å². The number of halogens is 6. The van der Waals surface area contributed by atoms with Gasteiger partial charge in [-0.2, -0.15) is 32.5 Å². The highest BCUT2D eigenvalue weighted by Crippen LogP contribution is 2.53. The molecule has 40 heteroatoms. The number of pyridine rings is 3. The predicted octanol–water partition coefficient (Wildman–Crippen LogP) is 6.73. The number of rotatable bonds is 16. The Hall–Kier alpha value is -6.01. The minimum atomic E-state index is -3.50. The minimum absolute atomic E-state index is 0.00606. The smallest absolute Gasteiger partial charge is 0.312 e. The first-order valence-electron chi connectivity index (χ1n) is 35.1. The van der Waals surface area contributed by atoms with Crippen molar-refractivity contribution in [1.82, 2.24) is 56.5 Å². The van der Waals surface area contributed by atoms with Crippen molar-refractivity contribution in [3.63, 3.8) is 0 Å². The Balaban J connectivity index is 0.000000139. The van der Waals surface area contributed by atoms with E-state index in [0.717, 1.165) is 81.8 Å². The second-order valence-electron chi connectivity index (χ2n) is 29.1. The number of piperidine rings is 3. The Bertz CT molecular complexity index is 4860. The zero-order valence-corrected chi connectivity index (χ0v) is 63.3. The minimum Gasteiger partial charge on any atom is -0.351 e. The summed E-state index contributed by atoms with van der Waals surface area (Å²) in [6, 6.07) is 8.40. The molecule has 6 aromatic rings. The summed E-state index contributed by atoms with van der Waals surface area (Å²) in [7, 11) is -18.3. The number of aromatic nitrogens is 9. The molecular weight excluding hydrogens is 1510 g/mol. The zero-order valence-electron chi connectivity index (χ0n) is 58.4. The predicted molar refractivity (Wildman–Crippen MR) is 386 cm³/mol. The Morgan fingerprint density at radius 3 is 1.19 bits per heavy atom. The van der Waals surface area contributed by atoms with Crippen LogP contribution in [0.1, 0.15) is 146 Å². The van der Waals surface area contributed by atoms with Gasteiger partial charge in [-0.15, -0.1) is 0 Å². The molecule has 6 aromatic heterocycles. The third-order valence-corrected chi connectivity index (χ3v) is 29.3. The average Bonchev–Trinajstić information content (AvgIpc) is 1.70. The van der Waals surface area contributed by atoms with E-state index < -0.39 is 95.7 Å². The van der Waals surface area contributed by atoms with Gasteiger partial charge in [-0.1, -0.05) is 19.3 Å². The number of hydrogen-bond donors (Lipinski definition) is 3. The van der Waals surface area contributed by atoms with Crippen LogP contribution in [0.4, 0.5) is 38.2 Å². The van der Waals surface area contributed by atoms with Crippen molar-refractivity contribution in [1.29, 1.82) is 0 Å². The lowest BCUT2D eigenvalue weighted by Crippen LogP contribution is -2.42. The number of nitrogens with one attached hydrogen (secondary N) is 2. The molecule has 0 radical (unpaired) electrons. The SMILES string of the molecule is CS(=O)(=O)N1CCC(N)CC1.CS(=O)(=O)N1CCC(Nc2ncc3cc(C(F)F)c(=O)n(C4CC5CCC4C5)c3n2)CC1.CS(=O)(=O)N1CCC(Nc2ncc3ccc(=O)n(C4CC5CCC4C5)c3n2)CC1.CS(=O)(=O)c1ncc2ccc(=O)n(C3CC4CCC3C4)c2n1.O=S(CS(=O)C(F)F)C(F)F. The third-order valence-electron chi connectivity index (χ3n) is 21.9. The molecule has 4 N–H and O–H groups in total. The van der Waals surface area contributed by atoms with E-state index in [-0.39, 0.29) is 52.5 Å². The summed E-state index contributed by atoms with van der Waals surface area (Å²) in [4.78, 5) is 64.4. The largest absolute Gasteiger partial charge is 0.351 e. The third kappa shape index (κ3) is 19.4. The molecule has 6 saturated carbocycles. The van der Waals surface area contributed by atoms with Crippen molar-refractivity contribution in [2.24, 2.45) is 41.2 Å². The Kier molecular flexibility index (Phi) is 25.2. The number of alkyl halides is 6. The molecule has 0 spiro atoms. The molecule has 0 aromatic carbocycles. The number of anilines is 2. The molecule has 580 valence electrons. The monoisotopic (exact) mass is 1590 g/mol. The molecular formula is C65H89F6N15O13S6. The lowest BCUT2D eigenvalue weighted by atomic mass is 9.94. The van der Waals surface area contributed by atoms with Crippen molar-refractivity contribution in [3.8, 4) is 0 Å². The summed E-state index contributed by atoms with van der Waals surface area (Å²) in [5.74, 6) is -2.20. The molecule has 15 rings (SSSR count). The van der Waals surface area contributed by atoms with E-state index in [4.69, 9.17) is 10.7 Å². The summed E-state index contributed by atoms with van der Waals surface area (Å²) in [5, 5.41) is 7.23. The summed E-state index contributed by atoms with van der Waals surface area (Å²) in [5.41, 5.74) is 5.91. The fraction of sp³-hybridized carbons (Fsp3) is 0.677. The van der Waals surface area contributed by atoms with Gasteiger partial charge in [0.25, 0.3) is 23.1 Å². The topological polar surface area (TPSA) is 374 Å². The second kappa shape index (κ2) is 33.1. The first kappa shape index (κ1) is 80.0. The van der Waals surface area contributed by atoms with Crippen LogP contribution in [0, 0.1) is 35.5 Å². The van der Waals surface area contributed by atoms with Crippen LogP contribution in [0.3, 0.4) is 0 Å². The van der Waals surface area contributed by atoms with Gasteiger partial charge < -0.3 is 16.4 Å². The van der Waals surface area contributed by atoms with Gasteiger partial charge in [-0.25, -0.2) is 70.3 Å². The number of hydrogen-bond acceptors (Lipinski definition) is 22. The first-order chi connectivity index (χ1) is 49.5. The van der Waals surface area contributed by atoms with Crippen LogP contribution in [0.25, 0.3) is 33.1 Å². The Labute approximate surface area is 609 Å². The van der Waals surface area contributed by atoms with Gasteiger partial charge in [-0.05, 0) is 150 Å². The van der Waals surface area contributed by atoms with Crippen LogP contribution in [-0.2, 0) is 61.5 Å². The van der Waals surface area contributed by atoms with Gasteiger partial charge in [0.15, 0.2) is 0 Å². The van der Waals surface area contributed by atoms with Crippen molar-refractivity contribution in [3.05, 3.63) is 85.5 Å². The normalized spacial score (nSPS) is 26.1. The molecule has 11 unspecified atom stereocenters. The Morgan fingerprint density at radius 2 is 0.838 bits per heavy atom. The zero-order chi connectivity index (χ0) is 75.8. The molecule has 9 aliphatic rings. The first-order valence-corrected chi connectivity index (χ1v) is 45.3. The number of nitrogens with zero attached hydrogens (tertiary/aromatic N) is 12. The lowest BCUT2D eigenvalue weighted by Gasteiger charge is -2.30. The molecule has 105 heavy (non-hydrogen) atoms. The average molecular weight is 1590 g/mol. The van der Waals surface area contributed by atoms with Crippen molar-refractivity contribution < 1.29 is 68.4 Å². The summed E-state index contributed by atoms with van der Waals surface area (Å²) in [6.45, 7) is 3.00. The van der Waals surface area contributed by atoms with Gasteiger partial charge in [0.2, 0.25) is 57.0 Å². The van der Waals surface area contributed by atoms with Crippen LogP contribution in [0.15, 0.2) is 68.5 Å². The van der Waals surface area contributed by atoms with Crippen LogP contribution in [0.2, 0.25) is 0 Å². The maximum absolute atomic E-state index is 13.6. The van der Waals surface area contributed by atoms with Crippen LogP contribution in [0.5, 0.6) is 0 Å². The van der Waals surface area contributed by atoms with Crippen LogP contribution in [-0.4, -0.2) is 198 Å². The van der Waals surface area contributed by atoms with Crippen molar-refractivity contribution >= 4 is 107 Å². The Morgan fingerprint density at radius 1 is 0.476 bits per heavy atom. The quantitative estimate of drug-likeness (QED) is 0.0668. The van der Waals surface area contributed by atoms with Crippen LogP contribution < -0.4 is 33.0 Å². The van der Waals surface area contributed by atoms with E-state index in [2.05, 4.69) is 35.6 Å². The van der Waals surface area contributed by atoms with Gasteiger partial charge in [0.05, 0.1) is 24.3 Å². The highest BCUT2D eigenvalue weighted by Gasteiger charge is 2.45. The number of nitrogens with two attached hydrogens (primary N) is 1. The van der Waals surface area contributed by atoms with Crippen molar-refractivity contribution in [2.45, 2.75) is 175 Å². The van der Waals surface area contributed by atoms with Gasteiger partial charge in [0, 0.05) is 129 Å². The van der Waals surface area contributed by atoms with Crippen molar-refractivity contribution in [2.75, 3.05) is 80.0 Å². The fourth-order valence-corrected chi connectivity index (χ4v) is 21.5. The number of fused-ring (bicyclic) bond motifs is 9. The molecule has 11 atom stereocenters. The molecule has 6 bridgehead atoms. The maximum atomic E-state index is 13.6. The van der Waals surface area contributed by atoms with Gasteiger partial charge >= 0.3 is 11.5 Å². The van der Waals surface area contributed by atoms with E-state index in [1.54, 1.807) is 29.0 Å². The van der Waals surface area contributed by atoms with E-state index >= 15 is 0 Å². The second-order valence-corrected chi connectivity index (χ2v) is 40.1. The molecule has 9 fully saturated rings. The molecule has 28 nitrogen and oxygen atoms in total. The van der Waals surface area contributed by atoms with Gasteiger partial charge in [0.1, 0.15) is 43.6 Å². The van der Waals surface area contributed by atoms with E-state index in [1.165, 1.54) is 86.5 Å². The van der Waals surface area contributed by atoms with E-state index in [1.807, 2.05) is 4.57 Å². The lowest BCUT2D eigenvalue weighted by molar-refractivity contribution is 0.148. The number of sulfonamides is 3. The molecule has 9 heterocycles. The van der Waals surface area contributed by atoms with Gasteiger partial charge in [-0.3, -0.25) is 36.5 Å². The standard InChI is InChI=1S/C21H27F2N5O3S.C20H27N5O3S.C15H17N3O3S.C6H14N2O2S.C3H4F4O2S2/c1-32(30,31)27-6-4-15(5-7-27)25-21-24-11-14-10-16(18(22)23)20(29)28(19(14)26-21)17-9-12-2-3-13(17)8-12;1-29(27,28)24-8-6-16(7-9-24)22-20-21-12-15-4-5-18(26)25(19(15)23-20)17-11-13-2-3-14(17)10-13;1-22(20,21)15-16-8-11-4-5-13(19)18(14(11)17-15)12-7-9-2-3-10(12)6-9;1-11(9,10)8-4-2-6(7)3-5-8;4-2(5)10(8)1-11(9)3(6)7/h10-13,15,17-18H,2-9H2,1H3,(H,24,25,26);4-5,12-14,16-17H,2-3,6-11H2,1H3,(H,21,22,23);4-5,8-10,12H,2-3,6-7H2,1H3;6H,2-5,7H2,1H3;2-3H,1H2. The summed E-state index contributed by atoms with van der Waals surface area (Å²) in [6.07, 6.45) is 24.2. The molecule has 3 aliphatic heterocycles. The maximum Gasteiger partial charge on any atom is 0.312 e. The highest BCUT2D eigenvalue weighted by atomic mass is 32.2. The summed E-state index contributed by atoms with van der Waals surface area (Å²) >= 11 is 0. The van der Waals surface area contributed by atoms with E-state index in [0.29, 0.717) is 134 Å². The number of sulfone groups is 1. The molecule has 6 aliphatic carbocycles. The highest BCUT2D eigenvalue weighted by molar-refractivity contribution is 8.02. The summed E-state index contributed by atoms with van der Waals surface area (Å²) < 4.78 is 195.